The van der Waals surface area contributed by atoms with Crippen LogP contribution >= 0.6 is 0 Å². The fourth-order valence-electron chi connectivity index (χ4n) is 1.03. The molecule has 0 aliphatic carbocycles. The molecular formula is C10H17NO2. The Morgan fingerprint density at radius 3 is 2.62 bits per heavy atom. The average molecular weight is 183 g/mol. The molecule has 74 valence electrons. The number of hydrogen-bond acceptors (Lipinski definition) is 2. The molecule has 0 aromatic heterocycles. The van der Waals surface area contributed by atoms with E-state index < -0.39 is 0 Å². The van der Waals surface area contributed by atoms with E-state index in [4.69, 9.17) is 0 Å². The van der Waals surface area contributed by atoms with Crippen LogP contribution in [-0.4, -0.2) is 17.7 Å². The van der Waals surface area contributed by atoms with E-state index in [2.05, 4.69) is 11.9 Å². The zero-order valence-corrected chi connectivity index (χ0v) is 8.30. The van der Waals surface area contributed by atoms with Gasteiger partial charge in [0.25, 0.3) is 0 Å². The van der Waals surface area contributed by atoms with Crippen LogP contribution in [0.25, 0.3) is 0 Å². The van der Waals surface area contributed by atoms with Crippen LogP contribution in [0.15, 0.2) is 12.7 Å². The quantitative estimate of drug-likeness (QED) is 0.633. The predicted molar refractivity (Wildman–Crippen MR) is 52.3 cm³/mol. The summed E-state index contributed by atoms with van der Waals surface area (Å²) in [5, 5.41) is 2.73. The lowest BCUT2D eigenvalue weighted by molar-refractivity contribution is -0.117. The molecule has 1 unspecified atom stereocenters. The first-order valence-corrected chi connectivity index (χ1v) is 4.48. The van der Waals surface area contributed by atoms with Gasteiger partial charge in [-0.1, -0.05) is 6.58 Å². The molecule has 1 atom stereocenters. The minimum Gasteiger partial charge on any atom is -0.350 e. The second kappa shape index (κ2) is 6.40. The first kappa shape index (κ1) is 11.9. The molecule has 0 aromatic rings. The molecule has 0 bridgehead atoms. The molecule has 0 aliphatic heterocycles. The second-order valence-electron chi connectivity index (χ2n) is 3.21. The standard InChI is InChI=1S/C10H17NO2/c1-4-10(13)11-8(2)6-5-7-9(3)12/h4,8H,1,5-7H2,2-3H3,(H,11,13). The molecule has 0 fully saturated rings. The summed E-state index contributed by atoms with van der Waals surface area (Å²) in [4.78, 5) is 21.4. The number of rotatable bonds is 6. The van der Waals surface area contributed by atoms with Gasteiger partial charge >= 0.3 is 0 Å². The zero-order valence-electron chi connectivity index (χ0n) is 8.30. The van der Waals surface area contributed by atoms with Crippen molar-refractivity contribution in [1.82, 2.24) is 5.32 Å². The van der Waals surface area contributed by atoms with Crippen molar-refractivity contribution >= 4 is 11.7 Å². The van der Waals surface area contributed by atoms with Gasteiger partial charge in [-0.2, -0.15) is 0 Å². The zero-order chi connectivity index (χ0) is 10.3. The normalized spacial score (nSPS) is 11.8. The van der Waals surface area contributed by atoms with Crippen LogP contribution in [-0.2, 0) is 9.59 Å². The third kappa shape index (κ3) is 7.25. The van der Waals surface area contributed by atoms with Crippen LogP contribution in [0.5, 0.6) is 0 Å². The summed E-state index contributed by atoms with van der Waals surface area (Å²) >= 11 is 0. The van der Waals surface area contributed by atoms with Crippen LogP contribution in [0.3, 0.4) is 0 Å². The summed E-state index contributed by atoms with van der Waals surface area (Å²) in [6, 6.07) is 0.116. The van der Waals surface area contributed by atoms with Gasteiger partial charge < -0.3 is 10.1 Å². The van der Waals surface area contributed by atoms with Gasteiger partial charge in [-0.05, 0) is 32.8 Å². The van der Waals surface area contributed by atoms with Crippen molar-refractivity contribution in [3.63, 3.8) is 0 Å². The summed E-state index contributed by atoms with van der Waals surface area (Å²) in [7, 11) is 0. The highest BCUT2D eigenvalue weighted by Crippen LogP contribution is 2.00. The van der Waals surface area contributed by atoms with E-state index in [0.29, 0.717) is 6.42 Å². The largest absolute Gasteiger partial charge is 0.350 e. The van der Waals surface area contributed by atoms with Crippen LogP contribution in [0.4, 0.5) is 0 Å². The maximum absolute atomic E-state index is 10.8. The Bertz CT molecular complexity index is 199. The lowest BCUT2D eigenvalue weighted by atomic mass is 10.1. The molecule has 0 saturated carbocycles. The summed E-state index contributed by atoms with van der Waals surface area (Å²) in [5.41, 5.74) is 0. The Morgan fingerprint density at radius 1 is 1.54 bits per heavy atom. The first-order chi connectivity index (χ1) is 6.06. The summed E-state index contributed by atoms with van der Waals surface area (Å²) in [6.07, 6.45) is 3.50. The van der Waals surface area contributed by atoms with Crippen molar-refractivity contribution < 1.29 is 9.59 Å². The molecule has 0 aliphatic rings. The summed E-state index contributed by atoms with van der Waals surface area (Å²) in [6.45, 7) is 6.85. The number of carbonyl (C=O) groups is 2. The molecule has 0 spiro atoms. The third-order valence-corrected chi connectivity index (χ3v) is 1.74. The van der Waals surface area contributed by atoms with Crippen LogP contribution in [0.1, 0.15) is 33.1 Å². The topological polar surface area (TPSA) is 46.2 Å². The fourth-order valence-corrected chi connectivity index (χ4v) is 1.03. The molecule has 0 radical (unpaired) electrons. The van der Waals surface area contributed by atoms with Crippen molar-refractivity contribution in [2.75, 3.05) is 0 Å². The van der Waals surface area contributed by atoms with Gasteiger partial charge in [0.1, 0.15) is 5.78 Å². The number of nitrogens with one attached hydrogen (secondary N) is 1. The van der Waals surface area contributed by atoms with Crippen molar-refractivity contribution in [3.8, 4) is 0 Å². The number of Topliss-reactive ketones (excluding diaryl/α,β-unsaturated/α-hetero) is 1. The van der Waals surface area contributed by atoms with E-state index >= 15 is 0 Å². The van der Waals surface area contributed by atoms with Crippen LogP contribution in [0, 0.1) is 0 Å². The van der Waals surface area contributed by atoms with Gasteiger partial charge in [0.15, 0.2) is 0 Å². The maximum Gasteiger partial charge on any atom is 0.243 e. The molecular weight excluding hydrogens is 166 g/mol. The molecule has 0 rings (SSSR count). The van der Waals surface area contributed by atoms with Gasteiger partial charge in [-0.3, -0.25) is 4.79 Å². The average Bonchev–Trinajstić information content (AvgIpc) is 2.03. The number of carbonyl (C=O) groups excluding carboxylic acids is 2. The molecule has 1 N–H and O–H groups in total. The smallest absolute Gasteiger partial charge is 0.243 e. The lowest BCUT2D eigenvalue weighted by Crippen LogP contribution is -2.30. The van der Waals surface area contributed by atoms with E-state index in [9.17, 15) is 9.59 Å². The number of amides is 1. The van der Waals surface area contributed by atoms with Crippen molar-refractivity contribution in [3.05, 3.63) is 12.7 Å². The van der Waals surface area contributed by atoms with Crippen LogP contribution in [0.2, 0.25) is 0 Å². The Labute approximate surface area is 79.2 Å². The number of hydrogen-bond donors (Lipinski definition) is 1. The minimum atomic E-state index is -0.157. The highest BCUT2D eigenvalue weighted by atomic mass is 16.1. The van der Waals surface area contributed by atoms with E-state index in [-0.39, 0.29) is 17.7 Å². The maximum atomic E-state index is 10.8. The van der Waals surface area contributed by atoms with Gasteiger partial charge in [-0.15, -0.1) is 0 Å². The van der Waals surface area contributed by atoms with E-state index in [0.717, 1.165) is 12.8 Å². The van der Waals surface area contributed by atoms with E-state index in [1.165, 1.54) is 6.08 Å². The molecule has 1 amide bonds. The number of ketones is 1. The third-order valence-electron chi connectivity index (χ3n) is 1.74. The molecule has 13 heavy (non-hydrogen) atoms. The van der Waals surface area contributed by atoms with E-state index in [1.807, 2.05) is 6.92 Å². The molecule has 3 heteroatoms. The highest BCUT2D eigenvalue weighted by molar-refractivity contribution is 5.87. The Kier molecular flexibility index (Phi) is 5.85. The lowest BCUT2D eigenvalue weighted by Gasteiger charge is -2.11. The predicted octanol–water partition coefficient (Wildman–Crippen LogP) is 1.44. The van der Waals surface area contributed by atoms with E-state index in [1.54, 1.807) is 6.92 Å². The Balaban J connectivity index is 3.51. The Morgan fingerprint density at radius 2 is 2.15 bits per heavy atom. The Hall–Kier alpha value is -1.12. The first-order valence-electron chi connectivity index (χ1n) is 4.48. The minimum absolute atomic E-state index is 0.116. The van der Waals surface area contributed by atoms with Gasteiger partial charge in [0, 0.05) is 12.5 Å². The van der Waals surface area contributed by atoms with Gasteiger partial charge in [0.05, 0.1) is 0 Å². The molecule has 0 heterocycles. The fraction of sp³-hybridized carbons (Fsp3) is 0.600. The molecule has 3 nitrogen and oxygen atoms in total. The van der Waals surface area contributed by atoms with Crippen molar-refractivity contribution in [2.45, 2.75) is 39.2 Å². The van der Waals surface area contributed by atoms with Gasteiger partial charge in [-0.25, -0.2) is 0 Å². The van der Waals surface area contributed by atoms with Crippen molar-refractivity contribution in [1.29, 1.82) is 0 Å². The highest BCUT2D eigenvalue weighted by Gasteiger charge is 2.04. The molecule has 0 aromatic carbocycles. The van der Waals surface area contributed by atoms with Crippen molar-refractivity contribution in [2.24, 2.45) is 0 Å². The second-order valence-corrected chi connectivity index (χ2v) is 3.21. The SMILES string of the molecule is C=CC(=O)NC(C)CCCC(C)=O. The van der Waals surface area contributed by atoms with Crippen LogP contribution < -0.4 is 5.32 Å². The molecule has 0 saturated heterocycles. The van der Waals surface area contributed by atoms with Gasteiger partial charge in [0.2, 0.25) is 5.91 Å². The summed E-state index contributed by atoms with van der Waals surface area (Å²) < 4.78 is 0. The summed E-state index contributed by atoms with van der Waals surface area (Å²) in [5.74, 6) is 0.0394. The monoisotopic (exact) mass is 183 g/mol.